The molecule has 2 N–H and O–H groups in total. The lowest BCUT2D eigenvalue weighted by Crippen LogP contribution is -2.43. The molecule has 1 amide bonds. The van der Waals surface area contributed by atoms with E-state index in [1.54, 1.807) is 0 Å². The second-order valence-corrected chi connectivity index (χ2v) is 10.3. The van der Waals surface area contributed by atoms with Gasteiger partial charge < -0.3 is 5.32 Å². The van der Waals surface area contributed by atoms with Gasteiger partial charge in [0.15, 0.2) is 0 Å². The van der Waals surface area contributed by atoms with Crippen LogP contribution in [0.1, 0.15) is 43.5 Å². The van der Waals surface area contributed by atoms with E-state index < -0.39 is 27.3 Å². The molecule has 30 heavy (non-hydrogen) atoms. The molecule has 2 aromatic rings. The van der Waals surface area contributed by atoms with Crippen molar-refractivity contribution in [1.82, 2.24) is 4.72 Å². The second kappa shape index (κ2) is 9.22. The summed E-state index contributed by atoms with van der Waals surface area (Å²) in [5.41, 5.74) is -0.157. The van der Waals surface area contributed by atoms with Crippen LogP contribution >= 0.6 is 23.2 Å². The maximum absolute atomic E-state index is 14.3. The topological polar surface area (TPSA) is 75.3 Å². The van der Waals surface area contributed by atoms with Crippen LogP contribution in [0.25, 0.3) is 0 Å². The summed E-state index contributed by atoms with van der Waals surface area (Å²) >= 11 is 11.9. The fourth-order valence-corrected chi connectivity index (χ4v) is 5.48. The number of benzene rings is 2. The van der Waals surface area contributed by atoms with Gasteiger partial charge in [0.1, 0.15) is 5.82 Å². The van der Waals surface area contributed by atoms with Crippen molar-refractivity contribution in [3.8, 4) is 0 Å². The van der Waals surface area contributed by atoms with Crippen LogP contribution in [0, 0.1) is 17.7 Å². The molecule has 3 unspecified atom stereocenters. The number of amides is 1. The molecule has 0 bridgehead atoms. The number of carbonyl (C=O) groups excluding carboxylic acids is 1. The monoisotopic (exact) mass is 472 g/mol. The quantitative estimate of drug-likeness (QED) is 0.603. The van der Waals surface area contributed by atoms with E-state index in [-0.39, 0.29) is 27.6 Å². The molecule has 2 aromatic carbocycles. The number of hydrogen-bond acceptors (Lipinski definition) is 3. The second-order valence-electron chi connectivity index (χ2n) is 7.72. The molecular weight excluding hydrogens is 450 g/mol. The van der Waals surface area contributed by atoms with Gasteiger partial charge in [-0.1, -0.05) is 49.9 Å². The van der Waals surface area contributed by atoms with E-state index >= 15 is 0 Å². The summed E-state index contributed by atoms with van der Waals surface area (Å²) in [5, 5.41) is 3.05. The van der Waals surface area contributed by atoms with Gasteiger partial charge in [0.2, 0.25) is 10.0 Å². The van der Waals surface area contributed by atoms with Gasteiger partial charge in [-0.05, 0) is 54.7 Å². The summed E-state index contributed by atoms with van der Waals surface area (Å²) in [6, 6.07) is 7.40. The Hall–Kier alpha value is -1.67. The Morgan fingerprint density at radius 3 is 2.53 bits per heavy atom. The van der Waals surface area contributed by atoms with Crippen LogP contribution in [0.3, 0.4) is 0 Å². The average Bonchev–Trinajstić information content (AvgIpc) is 2.67. The van der Waals surface area contributed by atoms with Crippen molar-refractivity contribution in [2.24, 2.45) is 11.8 Å². The third-order valence-corrected chi connectivity index (χ3v) is 7.72. The van der Waals surface area contributed by atoms with E-state index in [9.17, 15) is 17.6 Å². The Kier molecular flexibility index (Phi) is 7.07. The lowest BCUT2D eigenvalue weighted by atomic mass is 9.78. The predicted octanol–water partition coefficient (Wildman–Crippen LogP) is 5.49. The van der Waals surface area contributed by atoms with Crippen LogP contribution in [0.4, 0.5) is 10.1 Å². The number of nitrogens with one attached hydrogen (secondary N) is 2. The number of halogens is 3. The minimum atomic E-state index is -3.92. The molecule has 1 fully saturated rings. The summed E-state index contributed by atoms with van der Waals surface area (Å²) in [5.74, 6) is -1.06. The fraction of sp³-hybridized carbons (Fsp3) is 0.381. The molecule has 1 saturated carbocycles. The zero-order valence-electron chi connectivity index (χ0n) is 16.6. The Bertz CT molecular complexity index is 1060. The lowest BCUT2D eigenvalue weighted by molar-refractivity contribution is 0.102. The van der Waals surface area contributed by atoms with E-state index in [1.807, 2.05) is 6.92 Å². The number of carbonyl (C=O) groups is 1. The van der Waals surface area contributed by atoms with Crippen molar-refractivity contribution >= 4 is 44.8 Å². The van der Waals surface area contributed by atoms with Crippen molar-refractivity contribution < 1.29 is 17.6 Å². The Morgan fingerprint density at radius 2 is 1.83 bits per heavy atom. The van der Waals surface area contributed by atoms with Crippen LogP contribution < -0.4 is 10.0 Å². The van der Waals surface area contributed by atoms with E-state index in [1.165, 1.54) is 18.2 Å². The summed E-state index contributed by atoms with van der Waals surface area (Å²) in [6.07, 6.45) is 2.75. The molecule has 3 atom stereocenters. The standard InChI is InChI=1S/C21H23Cl2FN2O3S/c1-12-4-3-5-19(13(12)2)26-30(28,29)15-7-8-18(24)16(11-15)21(27)25-20-9-6-14(22)10-17(20)23/h6-13,19,26H,3-5H2,1-2H3,(H,25,27). The van der Waals surface area contributed by atoms with E-state index in [0.29, 0.717) is 10.9 Å². The smallest absolute Gasteiger partial charge is 0.258 e. The normalized spacial score (nSPS) is 22.0. The first kappa shape index (κ1) is 23.0. The number of anilines is 1. The summed E-state index contributed by atoms with van der Waals surface area (Å²) in [7, 11) is -3.92. The van der Waals surface area contributed by atoms with Crippen LogP contribution in [0.2, 0.25) is 10.0 Å². The highest BCUT2D eigenvalue weighted by molar-refractivity contribution is 7.89. The van der Waals surface area contributed by atoms with Crippen LogP contribution in [0.5, 0.6) is 0 Å². The minimum Gasteiger partial charge on any atom is -0.321 e. The maximum atomic E-state index is 14.3. The number of rotatable bonds is 5. The van der Waals surface area contributed by atoms with Gasteiger partial charge in [0.05, 0.1) is 21.2 Å². The van der Waals surface area contributed by atoms with Gasteiger partial charge in [0.25, 0.3) is 5.91 Å². The Labute approximate surface area is 186 Å². The Morgan fingerprint density at radius 1 is 1.10 bits per heavy atom. The summed E-state index contributed by atoms with van der Waals surface area (Å²) < 4.78 is 42.8. The van der Waals surface area contributed by atoms with Gasteiger partial charge in [0, 0.05) is 11.1 Å². The highest BCUT2D eigenvalue weighted by Crippen LogP contribution is 2.31. The van der Waals surface area contributed by atoms with E-state index in [0.717, 1.165) is 37.5 Å². The van der Waals surface area contributed by atoms with Gasteiger partial charge in [-0.15, -0.1) is 0 Å². The van der Waals surface area contributed by atoms with Gasteiger partial charge in [-0.25, -0.2) is 17.5 Å². The number of sulfonamides is 1. The summed E-state index contributed by atoms with van der Waals surface area (Å²) in [4.78, 5) is 12.4. The molecular formula is C21H23Cl2FN2O3S. The highest BCUT2D eigenvalue weighted by Gasteiger charge is 2.31. The van der Waals surface area contributed by atoms with E-state index in [2.05, 4.69) is 17.0 Å². The van der Waals surface area contributed by atoms with Crippen molar-refractivity contribution in [2.45, 2.75) is 44.0 Å². The molecule has 1 aliphatic carbocycles. The molecule has 0 heterocycles. The van der Waals surface area contributed by atoms with Gasteiger partial charge in [-0.2, -0.15) is 0 Å². The first-order valence-corrected chi connectivity index (χ1v) is 11.9. The third-order valence-electron chi connectivity index (χ3n) is 5.69. The van der Waals surface area contributed by atoms with Crippen molar-refractivity contribution in [3.05, 3.63) is 57.8 Å². The largest absolute Gasteiger partial charge is 0.321 e. The zero-order valence-corrected chi connectivity index (χ0v) is 18.9. The molecule has 0 aromatic heterocycles. The molecule has 1 aliphatic rings. The molecule has 0 spiro atoms. The van der Waals surface area contributed by atoms with E-state index in [4.69, 9.17) is 23.2 Å². The first-order valence-electron chi connectivity index (χ1n) is 9.67. The van der Waals surface area contributed by atoms with Crippen LogP contribution in [-0.2, 0) is 10.0 Å². The van der Waals surface area contributed by atoms with Crippen LogP contribution in [0.15, 0.2) is 41.3 Å². The molecule has 0 aliphatic heterocycles. The molecule has 162 valence electrons. The number of hydrogen-bond donors (Lipinski definition) is 2. The van der Waals surface area contributed by atoms with Crippen molar-refractivity contribution in [3.63, 3.8) is 0 Å². The lowest BCUT2D eigenvalue weighted by Gasteiger charge is -2.34. The van der Waals surface area contributed by atoms with Gasteiger partial charge in [-0.3, -0.25) is 4.79 Å². The third kappa shape index (κ3) is 5.14. The molecule has 0 radical (unpaired) electrons. The van der Waals surface area contributed by atoms with Crippen molar-refractivity contribution in [1.29, 1.82) is 0 Å². The van der Waals surface area contributed by atoms with Crippen LogP contribution in [-0.4, -0.2) is 20.4 Å². The highest BCUT2D eigenvalue weighted by atomic mass is 35.5. The fourth-order valence-electron chi connectivity index (χ4n) is 3.64. The molecule has 0 saturated heterocycles. The van der Waals surface area contributed by atoms with Crippen molar-refractivity contribution in [2.75, 3.05) is 5.32 Å². The molecule has 3 rings (SSSR count). The first-order chi connectivity index (χ1) is 14.1. The summed E-state index contributed by atoms with van der Waals surface area (Å²) in [6.45, 7) is 4.13. The predicted molar refractivity (Wildman–Crippen MR) is 117 cm³/mol. The molecule has 9 heteroatoms. The average molecular weight is 473 g/mol. The molecule has 5 nitrogen and oxygen atoms in total. The Balaban J connectivity index is 1.84. The maximum Gasteiger partial charge on any atom is 0.258 e. The van der Waals surface area contributed by atoms with Gasteiger partial charge >= 0.3 is 0 Å². The zero-order chi connectivity index (χ0) is 22.1. The SMILES string of the molecule is CC1CCCC(NS(=O)(=O)c2ccc(F)c(C(=O)Nc3ccc(Cl)cc3Cl)c2)C1C. The minimum absolute atomic E-state index is 0.165.